The van der Waals surface area contributed by atoms with Gasteiger partial charge in [0.1, 0.15) is 0 Å². The van der Waals surface area contributed by atoms with E-state index in [1.165, 1.54) is 38.2 Å². The van der Waals surface area contributed by atoms with Crippen molar-refractivity contribution >= 4 is 11.8 Å². The summed E-state index contributed by atoms with van der Waals surface area (Å²) in [7, 11) is 1.89. The van der Waals surface area contributed by atoms with Crippen molar-refractivity contribution in [1.29, 1.82) is 0 Å². The summed E-state index contributed by atoms with van der Waals surface area (Å²) in [6, 6.07) is 4.62. The van der Waals surface area contributed by atoms with Crippen LogP contribution in [0, 0.1) is 11.6 Å². The van der Waals surface area contributed by atoms with Gasteiger partial charge in [-0.2, -0.15) is 11.8 Å². The number of rotatable bonds is 6. The number of hydrogen-bond donors (Lipinski definition) is 1. The van der Waals surface area contributed by atoms with Crippen molar-refractivity contribution in [3.8, 4) is 0 Å². The van der Waals surface area contributed by atoms with E-state index in [9.17, 15) is 8.78 Å². The molecule has 112 valence electrons. The molecule has 0 radical (unpaired) electrons. The van der Waals surface area contributed by atoms with E-state index in [0.717, 1.165) is 11.0 Å². The van der Waals surface area contributed by atoms with Crippen molar-refractivity contribution in [2.75, 3.05) is 12.8 Å². The van der Waals surface area contributed by atoms with Gasteiger partial charge < -0.3 is 5.32 Å². The molecule has 0 aliphatic heterocycles. The minimum Gasteiger partial charge on any atom is -0.316 e. The van der Waals surface area contributed by atoms with Crippen molar-refractivity contribution in [1.82, 2.24) is 5.32 Å². The van der Waals surface area contributed by atoms with Gasteiger partial charge in [0.05, 0.1) is 0 Å². The third-order valence-corrected chi connectivity index (χ3v) is 5.53. The lowest BCUT2D eigenvalue weighted by molar-refractivity contribution is 0.489. The molecule has 1 saturated carbocycles. The van der Waals surface area contributed by atoms with Crippen LogP contribution in [0.5, 0.6) is 0 Å². The van der Waals surface area contributed by atoms with E-state index in [0.29, 0.717) is 12.0 Å². The predicted octanol–water partition coefficient (Wildman–Crippen LogP) is 4.16. The third-order valence-electron chi connectivity index (χ3n) is 3.99. The van der Waals surface area contributed by atoms with Gasteiger partial charge in [-0.25, -0.2) is 8.78 Å². The Labute approximate surface area is 124 Å². The molecule has 1 fully saturated rings. The zero-order chi connectivity index (χ0) is 14.4. The molecule has 1 aliphatic rings. The number of likely N-dealkylation sites (N-methyl/N-ethyl adjacent to an activating group) is 1. The molecule has 0 bridgehead atoms. The van der Waals surface area contributed by atoms with E-state index in [1.54, 1.807) is 12.1 Å². The second kappa shape index (κ2) is 7.99. The molecule has 4 heteroatoms. The molecule has 0 aromatic heterocycles. The first-order valence-corrected chi connectivity index (χ1v) is 8.47. The van der Waals surface area contributed by atoms with Gasteiger partial charge in [-0.1, -0.05) is 31.4 Å². The van der Waals surface area contributed by atoms with E-state index in [4.69, 9.17) is 0 Å². The topological polar surface area (TPSA) is 12.0 Å². The van der Waals surface area contributed by atoms with Crippen LogP contribution < -0.4 is 5.32 Å². The summed E-state index contributed by atoms with van der Waals surface area (Å²) in [4.78, 5) is 0. The third kappa shape index (κ3) is 4.45. The van der Waals surface area contributed by atoms with Crippen molar-refractivity contribution in [2.24, 2.45) is 0 Å². The Bertz CT molecular complexity index is 419. The predicted molar refractivity (Wildman–Crippen MR) is 82.2 cm³/mol. The first-order valence-electron chi connectivity index (χ1n) is 7.42. The largest absolute Gasteiger partial charge is 0.316 e. The number of thioether (sulfide) groups is 1. The molecule has 0 saturated heterocycles. The number of nitrogens with one attached hydrogen (secondary N) is 1. The van der Waals surface area contributed by atoms with Gasteiger partial charge in [-0.3, -0.25) is 0 Å². The number of benzene rings is 1. The molecule has 1 aliphatic carbocycles. The molecule has 1 aromatic rings. The van der Waals surface area contributed by atoms with E-state index in [-0.39, 0.29) is 6.04 Å². The minimum atomic E-state index is -0.753. The van der Waals surface area contributed by atoms with Crippen molar-refractivity contribution in [3.05, 3.63) is 35.4 Å². The van der Waals surface area contributed by atoms with Gasteiger partial charge >= 0.3 is 0 Å². The molecule has 0 amide bonds. The Hall–Kier alpha value is -0.610. The van der Waals surface area contributed by atoms with Crippen LogP contribution in [0.2, 0.25) is 0 Å². The van der Waals surface area contributed by atoms with E-state index >= 15 is 0 Å². The van der Waals surface area contributed by atoms with Crippen LogP contribution in [0.3, 0.4) is 0 Å². The molecule has 1 N–H and O–H groups in total. The summed E-state index contributed by atoms with van der Waals surface area (Å²) < 4.78 is 26.9. The Morgan fingerprint density at radius 2 is 2.00 bits per heavy atom. The fraction of sp³-hybridized carbons (Fsp3) is 0.625. The number of hydrogen-bond acceptors (Lipinski definition) is 2. The molecular weight excluding hydrogens is 276 g/mol. The first-order chi connectivity index (χ1) is 9.70. The van der Waals surface area contributed by atoms with Crippen LogP contribution in [0.25, 0.3) is 0 Å². The lowest BCUT2D eigenvalue weighted by Crippen LogP contribution is -2.31. The van der Waals surface area contributed by atoms with Crippen LogP contribution in [-0.2, 0) is 6.42 Å². The highest BCUT2D eigenvalue weighted by atomic mass is 32.2. The lowest BCUT2D eigenvalue weighted by Gasteiger charge is -2.24. The second-order valence-electron chi connectivity index (χ2n) is 5.50. The quantitative estimate of drug-likeness (QED) is 0.846. The Kier molecular flexibility index (Phi) is 6.30. The molecule has 0 heterocycles. The molecule has 1 unspecified atom stereocenters. The SMILES string of the molecule is CNC(CSC1CCCCC1)Cc1cccc(F)c1F. The zero-order valence-electron chi connectivity index (χ0n) is 12.0. The van der Waals surface area contributed by atoms with Gasteiger partial charge in [-0.15, -0.1) is 0 Å². The lowest BCUT2D eigenvalue weighted by atomic mass is 10.0. The standard InChI is InChI=1S/C16H23F2NS/c1-19-13(11-20-14-7-3-2-4-8-14)10-12-6-5-9-15(17)16(12)18/h5-6,9,13-14,19H,2-4,7-8,10-11H2,1H3. The minimum absolute atomic E-state index is 0.193. The van der Waals surface area contributed by atoms with Gasteiger partial charge in [-0.05, 0) is 37.9 Å². The Morgan fingerprint density at radius 3 is 2.70 bits per heavy atom. The smallest absolute Gasteiger partial charge is 0.162 e. The summed E-state index contributed by atoms with van der Waals surface area (Å²) in [6.45, 7) is 0. The van der Waals surface area contributed by atoms with Gasteiger partial charge in [0.2, 0.25) is 0 Å². The van der Waals surface area contributed by atoms with E-state index in [2.05, 4.69) is 5.32 Å². The van der Waals surface area contributed by atoms with Gasteiger partial charge in [0, 0.05) is 17.0 Å². The fourth-order valence-electron chi connectivity index (χ4n) is 2.70. The van der Waals surface area contributed by atoms with E-state index < -0.39 is 11.6 Å². The average Bonchev–Trinajstić information content (AvgIpc) is 2.49. The molecule has 20 heavy (non-hydrogen) atoms. The van der Waals surface area contributed by atoms with Crippen LogP contribution in [0.4, 0.5) is 8.78 Å². The molecule has 0 spiro atoms. The highest BCUT2D eigenvalue weighted by Gasteiger charge is 2.18. The molecular formula is C16H23F2NS. The summed E-state index contributed by atoms with van der Waals surface area (Å²) >= 11 is 1.98. The van der Waals surface area contributed by atoms with Crippen molar-refractivity contribution in [2.45, 2.75) is 49.8 Å². The normalized spacial score (nSPS) is 18.1. The first kappa shape index (κ1) is 15.8. The maximum absolute atomic E-state index is 13.7. The molecule has 1 aromatic carbocycles. The van der Waals surface area contributed by atoms with Crippen molar-refractivity contribution < 1.29 is 8.78 Å². The zero-order valence-corrected chi connectivity index (χ0v) is 12.8. The highest BCUT2D eigenvalue weighted by Crippen LogP contribution is 2.29. The van der Waals surface area contributed by atoms with Crippen LogP contribution in [0.1, 0.15) is 37.7 Å². The molecule has 2 rings (SSSR count). The van der Waals surface area contributed by atoms with Gasteiger partial charge in [0.15, 0.2) is 11.6 Å². The summed E-state index contributed by atoms with van der Waals surface area (Å²) in [5.74, 6) is -0.496. The van der Waals surface area contributed by atoms with Crippen molar-refractivity contribution in [3.63, 3.8) is 0 Å². The highest BCUT2D eigenvalue weighted by molar-refractivity contribution is 7.99. The van der Waals surface area contributed by atoms with E-state index in [1.807, 2.05) is 18.8 Å². The Balaban J connectivity index is 1.86. The summed E-state index contributed by atoms with van der Waals surface area (Å²) in [6.07, 6.45) is 7.17. The van der Waals surface area contributed by atoms with Crippen LogP contribution >= 0.6 is 11.8 Å². The monoisotopic (exact) mass is 299 g/mol. The molecule has 1 nitrogen and oxygen atoms in total. The van der Waals surface area contributed by atoms with Crippen LogP contribution in [0.15, 0.2) is 18.2 Å². The van der Waals surface area contributed by atoms with Gasteiger partial charge in [0.25, 0.3) is 0 Å². The fourth-order valence-corrected chi connectivity index (χ4v) is 4.16. The number of halogens is 2. The maximum Gasteiger partial charge on any atom is 0.162 e. The Morgan fingerprint density at radius 1 is 1.25 bits per heavy atom. The maximum atomic E-state index is 13.7. The summed E-state index contributed by atoms with van der Waals surface area (Å²) in [5.41, 5.74) is 0.466. The average molecular weight is 299 g/mol. The van der Waals surface area contributed by atoms with Crippen LogP contribution in [-0.4, -0.2) is 24.1 Å². The second-order valence-corrected chi connectivity index (χ2v) is 6.83. The summed E-state index contributed by atoms with van der Waals surface area (Å²) in [5, 5.41) is 3.97. The molecule has 1 atom stereocenters.